The maximum atomic E-state index is 12.3. The number of nitrogens with zero attached hydrogens (tertiary/aromatic N) is 2. The summed E-state index contributed by atoms with van der Waals surface area (Å²) in [5.74, 6) is -0.304. The predicted octanol–water partition coefficient (Wildman–Crippen LogP) is 3.27. The number of aryl methyl sites for hydroxylation is 1. The van der Waals surface area contributed by atoms with E-state index >= 15 is 0 Å². The van der Waals surface area contributed by atoms with Crippen LogP contribution in [0.2, 0.25) is 0 Å². The van der Waals surface area contributed by atoms with Gasteiger partial charge in [-0.15, -0.1) is 0 Å². The summed E-state index contributed by atoms with van der Waals surface area (Å²) in [4.78, 5) is 16.4. The first kappa shape index (κ1) is 13.3. The van der Waals surface area contributed by atoms with E-state index in [1.165, 1.54) is 0 Å². The Kier molecular flexibility index (Phi) is 3.39. The van der Waals surface area contributed by atoms with Gasteiger partial charge in [-0.25, -0.2) is 4.98 Å². The van der Waals surface area contributed by atoms with Crippen LogP contribution in [0.3, 0.4) is 0 Å². The number of carbonyl (C=O) groups excluding carboxylic acids is 1. The molecule has 1 amide bonds. The quantitative estimate of drug-likeness (QED) is 0.800. The van der Waals surface area contributed by atoms with Gasteiger partial charge >= 0.3 is 0 Å². The first-order valence-corrected chi connectivity index (χ1v) is 6.73. The van der Waals surface area contributed by atoms with Crippen LogP contribution in [-0.2, 0) is 4.79 Å². The topological polar surface area (TPSA) is 68.0 Å². The van der Waals surface area contributed by atoms with Crippen molar-refractivity contribution in [2.24, 2.45) is 0 Å². The van der Waals surface area contributed by atoms with Gasteiger partial charge in [0.1, 0.15) is 0 Å². The fraction of sp³-hybridized carbons (Fsp3) is 0.188. The minimum Gasteiger partial charge on any atom is -0.336 e. The highest BCUT2D eigenvalue weighted by Gasteiger charge is 2.16. The maximum Gasteiger partial charge on any atom is 0.258 e. The average molecular weight is 281 g/mol. The molecule has 0 bridgehead atoms. The van der Waals surface area contributed by atoms with Crippen LogP contribution in [0.5, 0.6) is 0 Å². The van der Waals surface area contributed by atoms with Crippen LogP contribution in [-0.4, -0.2) is 16.0 Å². The summed E-state index contributed by atoms with van der Waals surface area (Å²) in [7, 11) is 0. The fourth-order valence-corrected chi connectivity index (χ4v) is 2.16. The lowest BCUT2D eigenvalue weighted by molar-refractivity contribution is -0.117. The van der Waals surface area contributed by atoms with E-state index in [2.05, 4.69) is 15.5 Å². The summed E-state index contributed by atoms with van der Waals surface area (Å²) >= 11 is 0. The number of pyridine rings is 1. The average Bonchev–Trinajstić information content (AvgIpc) is 2.88. The smallest absolute Gasteiger partial charge is 0.258 e. The van der Waals surface area contributed by atoms with Crippen LogP contribution < -0.4 is 5.32 Å². The minimum atomic E-state index is -0.231. The van der Waals surface area contributed by atoms with Gasteiger partial charge in [0.2, 0.25) is 5.91 Å². The molecule has 5 heteroatoms. The highest BCUT2D eigenvalue weighted by atomic mass is 16.5. The maximum absolute atomic E-state index is 12.3. The number of benzene rings is 1. The van der Waals surface area contributed by atoms with Gasteiger partial charge in [0.05, 0.1) is 28.9 Å². The monoisotopic (exact) mass is 281 g/mol. The first-order chi connectivity index (χ1) is 10.1. The molecule has 1 atom stereocenters. The van der Waals surface area contributed by atoms with Crippen molar-refractivity contribution >= 4 is 22.7 Å². The fourth-order valence-electron chi connectivity index (χ4n) is 2.16. The standard InChI is InChI=1S/C16H15N3O2/c1-10(12-6-4-3-5-7-12)15(20)18-13-8-14-11(2)19-21-16(14)17-9-13/h3-10H,1-2H3,(H,18,20). The summed E-state index contributed by atoms with van der Waals surface area (Å²) in [6.07, 6.45) is 1.57. The van der Waals surface area contributed by atoms with Crippen LogP contribution in [0.4, 0.5) is 5.69 Å². The highest BCUT2D eigenvalue weighted by Crippen LogP contribution is 2.21. The van der Waals surface area contributed by atoms with Crippen molar-refractivity contribution in [1.82, 2.24) is 10.1 Å². The normalized spacial score (nSPS) is 12.3. The zero-order valence-electron chi connectivity index (χ0n) is 11.8. The van der Waals surface area contributed by atoms with Gasteiger partial charge in [0.25, 0.3) is 5.71 Å². The number of anilines is 1. The van der Waals surface area contributed by atoms with E-state index < -0.39 is 0 Å². The molecule has 0 saturated heterocycles. The Hall–Kier alpha value is -2.69. The molecule has 1 aromatic carbocycles. The summed E-state index contributed by atoms with van der Waals surface area (Å²) in [5.41, 5.74) is 2.85. The molecule has 3 aromatic rings. The molecule has 0 aliphatic heterocycles. The Morgan fingerprint density at radius 1 is 1.29 bits per heavy atom. The molecule has 0 fully saturated rings. The molecular weight excluding hydrogens is 266 g/mol. The summed E-state index contributed by atoms with van der Waals surface area (Å²) in [6.45, 7) is 3.72. The lowest BCUT2D eigenvalue weighted by atomic mass is 10.0. The number of fused-ring (bicyclic) bond motifs is 1. The second-order valence-electron chi connectivity index (χ2n) is 4.97. The third kappa shape index (κ3) is 2.63. The van der Waals surface area contributed by atoms with Crippen molar-refractivity contribution in [3.63, 3.8) is 0 Å². The number of hydrogen-bond acceptors (Lipinski definition) is 4. The SMILES string of the molecule is Cc1noc2ncc(NC(=O)C(C)c3ccccc3)cc12. The molecule has 0 aliphatic carbocycles. The molecule has 21 heavy (non-hydrogen) atoms. The summed E-state index contributed by atoms with van der Waals surface area (Å²) in [6, 6.07) is 11.5. The van der Waals surface area contributed by atoms with E-state index in [4.69, 9.17) is 4.52 Å². The largest absolute Gasteiger partial charge is 0.336 e. The number of nitrogens with one attached hydrogen (secondary N) is 1. The molecule has 1 N–H and O–H groups in total. The van der Waals surface area contributed by atoms with Crippen molar-refractivity contribution in [2.75, 3.05) is 5.32 Å². The van der Waals surface area contributed by atoms with Crippen molar-refractivity contribution in [2.45, 2.75) is 19.8 Å². The molecule has 0 saturated carbocycles. The Morgan fingerprint density at radius 3 is 2.81 bits per heavy atom. The van der Waals surface area contributed by atoms with Crippen molar-refractivity contribution in [1.29, 1.82) is 0 Å². The van der Waals surface area contributed by atoms with Crippen LogP contribution in [0, 0.1) is 6.92 Å². The Balaban J connectivity index is 1.81. The summed E-state index contributed by atoms with van der Waals surface area (Å²) < 4.78 is 5.05. The zero-order chi connectivity index (χ0) is 14.8. The molecule has 2 aromatic heterocycles. The molecular formula is C16H15N3O2. The molecule has 1 unspecified atom stereocenters. The number of rotatable bonds is 3. The van der Waals surface area contributed by atoms with Crippen molar-refractivity contribution < 1.29 is 9.32 Å². The third-order valence-electron chi connectivity index (χ3n) is 3.47. The minimum absolute atomic E-state index is 0.0727. The van der Waals surface area contributed by atoms with Gasteiger partial charge in [-0.1, -0.05) is 35.5 Å². The number of aromatic nitrogens is 2. The second-order valence-corrected chi connectivity index (χ2v) is 4.97. The third-order valence-corrected chi connectivity index (χ3v) is 3.47. The lowest BCUT2D eigenvalue weighted by Gasteiger charge is -2.12. The Labute approximate surface area is 122 Å². The van der Waals surface area contributed by atoms with Gasteiger partial charge in [0.15, 0.2) is 0 Å². The molecule has 2 heterocycles. The van der Waals surface area contributed by atoms with Crippen LogP contribution in [0.25, 0.3) is 11.1 Å². The van der Waals surface area contributed by atoms with Crippen LogP contribution >= 0.6 is 0 Å². The van der Waals surface area contributed by atoms with Crippen molar-refractivity contribution in [3.8, 4) is 0 Å². The molecule has 0 radical (unpaired) electrons. The lowest BCUT2D eigenvalue weighted by Crippen LogP contribution is -2.18. The molecule has 5 nitrogen and oxygen atoms in total. The Morgan fingerprint density at radius 2 is 2.05 bits per heavy atom. The first-order valence-electron chi connectivity index (χ1n) is 6.73. The van der Waals surface area contributed by atoms with Crippen LogP contribution in [0.1, 0.15) is 24.1 Å². The molecule has 106 valence electrons. The van der Waals surface area contributed by atoms with Gasteiger partial charge in [-0.2, -0.15) is 0 Å². The second kappa shape index (κ2) is 5.36. The van der Waals surface area contributed by atoms with Gasteiger partial charge in [-0.05, 0) is 25.5 Å². The number of hydrogen-bond donors (Lipinski definition) is 1. The highest BCUT2D eigenvalue weighted by molar-refractivity contribution is 5.96. The van der Waals surface area contributed by atoms with E-state index in [0.717, 1.165) is 16.6 Å². The molecule has 0 spiro atoms. The van der Waals surface area contributed by atoms with Gasteiger partial charge < -0.3 is 9.84 Å². The molecule has 0 aliphatic rings. The van der Waals surface area contributed by atoms with E-state index in [9.17, 15) is 4.79 Å². The Bertz CT molecular complexity index is 781. The van der Waals surface area contributed by atoms with E-state index in [-0.39, 0.29) is 11.8 Å². The molecule has 3 rings (SSSR count). The zero-order valence-corrected chi connectivity index (χ0v) is 11.8. The van der Waals surface area contributed by atoms with Gasteiger partial charge in [0, 0.05) is 0 Å². The summed E-state index contributed by atoms with van der Waals surface area (Å²) in [5, 5.41) is 7.53. The van der Waals surface area contributed by atoms with Crippen LogP contribution in [0.15, 0.2) is 47.1 Å². The van der Waals surface area contributed by atoms with E-state index in [0.29, 0.717) is 11.4 Å². The van der Waals surface area contributed by atoms with E-state index in [1.54, 1.807) is 6.20 Å². The predicted molar refractivity (Wildman–Crippen MR) is 80.0 cm³/mol. The van der Waals surface area contributed by atoms with E-state index in [1.807, 2.05) is 50.2 Å². The van der Waals surface area contributed by atoms with Gasteiger partial charge in [-0.3, -0.25) is 4.79 Å². The number of amides is 1. The number of carbonyl (C=O) groups is 1. The van der Waals surface area contributed by atoms with Crippen molar-refractivity contribution in [3.05, 3.63) is 53.9 Å².